The third-order valence-corrected chi connectivity index (χ3v) is 3.43. The van der Waals surface area contributed by atoms with Gasteiger partial charge in [-0.2, -0.15) is 17.7 Å². The molecule has 0 saturated heterocycles. The number of halogens is 3. The van der Waals surface area contributed by atoms with Gasteiger partial charge in [0.1, 0.15) is 5.82 Å². The molecule has 5 nitrogen and oxygen atoms in total. The molecule has 0 bridgehead atoms. The normalized spacial score (nSPS) is 22.2. The minimum absolute atomic E-state index is 0.0868. The van der Waals surface area contributed by atoms with E-state index in [4.69, 9.17) is 0 Å². The van der Waals surface area contributed by atoms with Crippen LogP contribution < -0.4 is 5.32 Å². The van der Waals surface area contributed by atoms with Gasteiger partial charge in [-0.3, -0.25) is 0 Å². The number of hydrogen-bond acceptors (Lipinski definition) is 4. The summed E-state index contributed by atoms with van der Waals surface area (Å²) in [4.78, 5) is 0. The van der Waals surface area contributed by atoms with Gasteiger partial charge in [0.25, 0.3) is 5.82 Å². The second kappa shape index (κ2) is 4.60. The number of anilines is 1. The van der Waals surface area contributed by atoms with Gasteiger partial charge in [0.15, 0.2) is 5.65 Å². The molecule has 1 fully saturated rings. The van der Waals surface area contributed by atoms with Gasteiger partial charge in [-0.15, -0.1) is 15.3 Å². The number of alkyl halides is 3. The number of rotatable bonds is 4. The molecule has 2 aromatic heterocycles. The fourth-order valence-electron chi connectivity index (χ4n) is 2.35. The highest BCUT2D eigenvalue weighted by Crippen LogP contribution is 2.37. The lowest BCUT2D eigenvalue weighted by molar-refractivity contribution is -0.146. The zero-order valence-electron chi connectivity index (χ0n) is 10.9. The van der Waals surface area contributed by atoms with Crippen LogP contribution in [0, 0.1) is 5.92 Å². The lowest BCUT2D eigenvalue weighted by Gasteiger charge is -2.07. The molecule has 1 aliphatic rings. The van der Waals surface area contributed by atoms with E-state index in [0.29, 0.717) is 17.8 Å². The van der Waals surface area contributed by atoms with Gasteiger partial charge >= 0.3 is 6.18 Å². The van der Waals surface area contributed by atoms with E-state index in [1.807, 2.05) is 0 Å². The van der Waals surface area contributed by atoms with Gasteiger partial charge < -0.3 is 5.32 Å². The van der Waals surface area contributed by atoms with Gasteiger partial charge in [0, 0.05) is 6.04 Å². The lowest BCUT2D eigenvalue weighted by Crippen LogP contribution is -2.14. The Bertz CT molecular complexity index is 621. The first-order valence-corrected chi connectivity index (χ1v) is 6.55. The first-order valence-electron chi connectivity index (χ1n) is 6.55. The van der Waals surface area contributed by atoms with Gasteiger partial charge in [-0.1, -0.05) is 13.3 Å². The molecule has 108 valence electrons. The maximum atomic E-state index is 12.7. The van der Waals surface area contributed by atoms with Crippen molar-refractivity contribution >= 4 is 11.5 Å². The van der Waals surface area contributed by atoms with Crippen molar-refractivity contribution in [1.82, 2.24) is 19.8 Å². The van der Waals surface area contributed by atoms with E-state index in [2.05, 4.69) is 27.5 Å². The van der Waals surface area contributed by atoms with Gasteiger partial charge in [-0.05, 0) is 30.9 Å². The van der Waals surface area contributed by atoms with Gasteiger partial charge in [0.2, 0.25) is 0 Å². The Labute approximate surface area is 113 Å². The Morgan fingerprint density at radius 2 is 2.15 bits per heavy atom. The first-order chi connectivity index (χ1) is 9.49. The SMILES string of the molecule is CCCC1CC1Nc1ccc2nnc(C(F)(F)F)n2n1. The Morgan fingerprint density at radius 3 is 2.85 bits per heavy atom. The molecule has 2 atom stereocenters. The smallest absolute Gasteiger partial charge is 0.366 e. The monoisotopic (exact) mass is 285 g/mol. The molecular formula is C12H14F3N5. The third-order valence-electron chi connectivity index (χ3n) is 3.43. The largest absolute Gasteiger partial charge is 0.453 e. The molecule has 2 aromatic rings. The standard InChI is InChI=1S/C12H14F3N5/c1-2-3-7-6-8(7)16-9-4-5-10-17-18-11(12(13,14)15)20(10)19-9/h4-5,7-8H,2-3,6H2,1H3,(H,16,19). The van der Waals surface area contributed by atoms with Crippen molar-refractivity contribution in [2.75, 3.05) is 5.32 Å². The Morgan fingerprint density at radius 1 is 1.35 bits per heavy atom. The van der Waals surface area contributed by atoms with Crippen molar-refractivity contribution in [3.05, 3.63) is 18.0 Å². The highest BCUT2D eigenvalue weighted by Gasteiger charge is 2.38. The van der Waals surface area contributed by atoms with Crippen LogP contribution in [0.2, 0.25) is 0 Å². The van der Waals surface area contributed by atoms with Crippen LogP contribution in [0.1, 0.15) is 32.0 Å². The summed E-state index contributed by atoms with van der Waals surface area (Å²) in [6.45, 7) is 2.12. The highest BCUT2D eigenvalue weighted by atomic mass is 19.4. The zero-order valence-corrected chi connectivity index (χ0v) is 10.9. The summed E-state index contributed by atoms with van der Waals surface area (Å²) in [6.07, 6.45) is -1.28. The van der Waals surface area contributed by atoms with Crippen LogP contribution in [0.3, 0.4) is 0 Å². The highest BCUT2D eigenvalue weighted by molar-refractivity contribution is 5.45. The van der Waals surface area contributed by atoms with Crippen molar-refractivity contribution < 1.29 is 13.2 Å². The maximum Gasteiger partial charge on any atom is 0.453 e. The van der Waals surface area contributed by atoms with Crippen LogP contribution in [0.25, 0.3) is 5.65 Å². The quantitative estimate of drug-likeness (QED) is 0.938. The number of nitrogens with one attached hydrogen (secondary N) is 1. The van der Waals surface area contributed by atoms with E-state index >= 15 is 0 Å². The van der Waals surface area contributed by atoms with E-state index in [9.17, 15) is 13.2 Å². The summed E-state index contributed by atoms with van der Waals surface area (Å²) in [5.74, 6) is -0.0797. The molecule has 2 heterocycles. The van der Waals surface area contributed by atoms with Crippen molar-refractivity contribution in [3.8, 4) is 0 Å². The summed E-state index contributed by atoms with van der Waals surface area (Å²) in [5.41, 5.74) is 0.0868. The Hall–Kier alpha value is -1.86. The fraction of sp³-hybridized carbons (Fsp3) is 0.583. The molecule has 0 spiro atoms. The molecular weight excluding hydrogens is 271 g/mol. The van der Waals surface area contributed by atoms with E-state index in [0.717, 1.165) is 23.8 Å². The van der Waals surface area contributed by atoms with Crippen LogP contribution in [-0.4, -0.2) is 25.9 Å². The molecule has 2 unspecified atom stereocenters. The topological polar surface area (TPSA) is 55.1 Å². The van der Waals surface area contributed by atoms with Crippen molar-refractivity contribution in [1.29, 1.82) is 0 Å². The van der Waals surface area contributed by atoms with E-state index in [1.54, 1.807) is 6.07 Å². The second-order valence-corrected chi connectivity index (χ2v) is 5.05. The van der Waals surface area contributed by atoms with Crippen LogP contribution in [0.15, 0.2) is 12.1 Å². The van der Waals surface area contributed by atoms with Crippen LogP contribution in [-0.2, 0) is 6.18 Å². The number of fused-ring (bicyclic) bond motifs is 1. The summed E-state index contributed by atoms with van der Waals surface area (Å²) in [5, 5.41) is 13.7. The predicted octanol–water partition coefficient (Wildman–Crippen LogP) is 2.74. The van der Waals surface area contributed by atoms with Crippen molar-refractivity contribution in [2.45, 2.75) is 38.4 Å². The molecule has 20 heavy (non-hydrogen) atoms. The average Bonchev–Trinajstić information content (AvgIpc) is 2.94. The number of aromatic nitrogens is 4. The number of hydrogen-bond donors (Lipinski definition) is 1. The molecule has 0 amide bonds. The molecule has 3 rings (SSSR count). The Balaban J connectivity index is 1.83. The molecule has 1 aliphatic carbocycles. The summed E-state index contributed by atoms with van der Waals surface area (Å²) in [7, 11) is 0. The zero-order chi connectivity index (χ0) is 14.3. The molecule has 1 saturated carbocycles. The fourth-order valence-corrected chi connectivity index (χ4v) is 2.35. The van der Waals surface area contributed by atoms with Crippen LogP contribution >= 0.6 is 0 Å². The predicted molar refractivity (Wildman–Crippen MR) is 66.2 cm³/mol. The molecule has 0 radical (unpaired) electrons. The summed E-state index contributed by atoms with van der Waals surface area (Å²) < 4.78 is 38.9. The van der Waals surface area contributed by atoms with Crippen LogP contribution in [0.5, 0.6) is 0 Å². The minimum Gasteiger partial charge on any atom is -0.366 e. The molecule has 0 aliphatic heterocycles. The molecule has 8 heteroatoms. The van der Waals surface area contributed by atoms with E-state index in [-0.39, 0.29) is 5.65 Å². The summed E-state index contributed by atoms with van der Waals surface area (Å²) >= 11 is 0. The average molecular weight is 285 g/mol. The van der Waals surface area contributed by atoms with Crippen molar-refractivity contribution in [3.63, 3.8) is 0 Å². The van der Waals surface area contributed by atoms with E-state index < -0.39 is 12.0 Å². The Kier molecular flexibility index (Phi) is 3.02. The third kappa shape index (κ3) is 2.41. The number of nitrogens with zero attached hydrogens (tertiary/aromatic N) is 4. The van der Waals surface area contributed by atoms with Gasteiger partial charge in [0.05, 0.1) is 0 Å². The van der Waals surface area contributed by atoms with Gasteiger partial charge in [-0.25, -0.2) is 0 Å². The first kappa shape index (κ1) is 13.1. The second-order valence-electron chi connectivity index (χ2n) is 5.05. The molecule has 0 aromatic carbocycles. The van der Waals surface area contributed by atoms with E-state index in [1.165, 1.54) is 6.07 Å². The minimum atomic E-state index is -4.56. The van der Waals surface area contributed by atoms with Crippen LogP contribution in [0.4, 0.5) is 19.0 Å². The molecule has 1 N–H and O–H groups in total. The maximum absolute atomic E-state index is 12.7. The lowest BCUT2D eigenvalue weighted by atomic mass is 10.2. The van der Waals surface area contributed by atoms with Crippen molar-refractivity contribution in [2.24, 2.45) is 5.92 Å². The summed E-state index contributed by atoms with van der Waals surface area (Å²) in [6, 6.07) is 3.42.